The summed E-state index contributed by atoms with van der Waals surface area (Å²) in [4.78, 5) is 24.3. The van der Waals surface area contributed by atoms with Crippen molar-refractivity contribution in [3.05, 3.63) is 64.5 Å². The predicted molar refractivity (Wildman–Crippen MR) is 110 cm³/mol. The van der Waals surface area contributed by atoms with Gasteiger partial charge >= 0.3 is 0 Å². The smallest absolute Gasteiger partial charge is 0.262 e. The van der Waals surface area contributed by atoms with E-state index in [0.29, 0.717) is 5.56 Å². The van der Waals surface area contributed by atoms with E-state index in [2.05, 4.69) is 22.1 Å². The van der Waals surface area contributed by atoms with E-state index in [0.717, 1.165) is 29.9 Å². The lowest BCUT2D eigenvalue weighted by Crippen LogP contribution is -2.35. The van der Waals surface area contributed by atoms with Crippen LogP contribution in [-0.4, -0.2) is 29.5 Å². The van der Waals surface area contributed by atoms with Crippen LogP contribution in [0.2, 0.25) is 0 Å². The van der Waals surface area contributed by atoms with Crippen LogP contribution in [0.3, 0.4) is 0 Å². The number of aryl methyl sites for hydroxylation is 1. The molecule has 146 valence electrons. The Morgan fingerprint density at radius 2 is 1.82 bits per heavy atom. The summed E-state index contributed by atoms with van der Waals surface area (Å²) in [6.45, 7) is 7.54. The van der Waals surface area contributed by atoms with Crippen molar-refractivity contribution in [2.75, 3.05) is 13.1 Å². The number of rotatable bonds is 8. The van der Waals surface area contributed by atoms with Gasteiger partial charge < -0.3 is 15.2 Å². The van der Waals surface area contributed by atoms with Gasteiger partial charge in [-0.1, -0.05) is 25.1 Å². The normalized spacial score (nSPS) is 11.0. The molecule has 0 aliphatic carbocycles. The van der Waals surface area contributed by atoms with E-state index in [9.17, 15) is 14.9 Å². The molecule has 0 fully saturated rings. The topological polar surface area (TPSA) is 86.9 Å². The molecule has 2 aromatic rings. The monoisotopic (exact) mass is 378 g/mol. The number of benzene rings is 1. The number of nitriles is 1. The quantitative estimate of drug-likeness (QED) is 0.421. The first-order valence-corrected chi connectivity index (χ1v) is 9.37. The van der Waals surface area contributed by atoms with Gasteiger partial charge in [-0.25, -0.2) is 0 Å². The van der Waals surface area contributed by atoms with Crippen LogP contribution in [0.25, 0.3) is 6.08 Å². The molecule has 28 heavy (non-hydrogen) atoms. The van der Waals surface area contributed by atoms with Crippen LogP contribution in [0.4, 0.5) is 0 Å². The zero-order valence-corrected chi connectivity index (χ0v) is 16.6. The van der Waals surface area contributed by atoms with Crippen LogP contribution in [0.15, 0.2) is 42.0 Å². The zero-order chi connectivity index (χ0) is 20.5. The highest BCUT2D eigenvalue weighted by molar-refractivity contribution is 6.01. The zero-order valence-electron chi connectivity index (χ0n) is 16.6. The third-order valence-electron chi connectivity index (χ3n) is 4.46. The molecule has 6 heteroatoms. The Bertz CT molecular complexity index is 905. The molecule has 0 unspecified atom stereocenters. The van der Waals surface area contributed by atoms with Gasteiger partial charge in [0.05, 0.1) is 0 Å². The molecule has 1 heterocycles. The van der Waals surface area contributed by atoms with Gasteiger partial charge in [0.25, 0.3) is 11.8 Å². The summed E-state index contributed by atoms with van der Waals surface area (Å²) in [5, 5.41) is 14.8. The highest BCUT2D eigenvalue weighted by Crippen LogP contribution is 2.18. The summed E-state index contributed by atoms with van der Waals surface area (Å²) < 4.78 is 2.18. The summed E-state index contributed by atoms with van der Waals surface area (Å²) >= 11 is 0. The highest BCUT2D eigenvalue weighted by Gasteiger charge is 2.12. The molecule has 0 radical (unpaired) electrons. The Morgan fingerprint density at radius 1 is 1.14 bits per heavy atom. The Hall–Kier alpha value is -3.33. The van der Waals surface area contributed by atoms with Gasteiger partial charge in [-0.15, -0.1) is 0 Å². The summed E-state index contributed by atoms with van der Waals surface area (Å²) in [6.07, 6.45) is 2.63. The van der Waals surface area contributed by atoms with Crippen LogP contribution in [0.1, 0.15) is 40.7 Å². The van der Waals surface area contributed by atoms with E-state index >= 15 is 0 Å². The summed E-state index contributed by atoms with van der Waals surface area (Å²) in [7, 11) is 0. The second-order valence-electron chi connectivity index (χ2n) is 6.53. The summed E-state index contributed by atoms with van der Waals surface area (Å²) in [5.74, 6) is -0.647. The lowest BCUT2D eigenvalue weighted by molar-refractivity contribution is -0.117. The number of aromatic nitrogens is 1. The standard InChI is InChI=1S/C22H26N4O2/c1-4-12-26-16(2)13-19(17(26)3)14-20(15-23)22(28)25-11-10-24-21(27)18-8-6-5-7-9-18/h5-9,13-14H,4,10-12H2,1-3H3,(H,24,27)(H,25,28)/b20-14+. The third-order valence-corrected chi connectivity index (χ3v) is 4.46. The molecule has 0 saturated carbocycles. The fourth-order valence-electron chi connectivity index (χ4n) is 2.98. The maximum atomic E-state index is 12.3. The van der Waals surface area contributed by atoms with Crippen molar-refractivity contribution in [1.82, 2.24) is 15.2 Å². The van der Waals surface area contributed by atoms with E-state index in [1.54, 1.807) is 30.3 Å². The van der Waals surface area contributed by atoms with Crippen molar-refractivity contribution in [2.24, 2.45) is 0 Å². The van der Waals surface area contributed by atoms with Crippen molar-refractivity contribution in [1.29, 1.82) is 5.26 Å². The molecule has 0 saturated heterocycles. The summed E-state index contributed by atoms with van der Waals surface area (Å²) in [6, 6.07) is 12.8. The largest absolute Gasteiger partial charge is 0.350 e. The van der Waals surface area contributed by atoms with Crippen molar-refractivity contribution in [3.63, 3.8) is 0 Å². The van der Waals surface area contributed by atoms with Gasteiger partial charge in [0, 0.05) is 36.6 Å². The van der Waals surface area contributed by atoms with Crippen LogP contribution in [-0.2, 0) is 11.3 Å². The van der Waals surface area contributed by atoms with Gasteiger partial charge in [-0.2, -0.15) is 5.26 Å². The lowest BCUT2D eigenvalue weighted by Gasteiger charge is -2.08. The predicted octanol–water partition coefficient (Wildman–Crippen LogP) is 2.97. The molecular formula is C22H26N4O2. The number of nitrogens with one attached hydrogen (secondary N) is 2. The fourth-order valence-corrected chi connectivity index (χ4v) is 2.98. The molecule has 1 aromatic carbocycles. The van der Waals surface area contributed by atoms with Crippen molar-refractivity contribution >= 4 is 17.9 Å². The van der Waals surface area contributed by atoms with E-state index in [-0.39, 0.29) is 24.6 Å². The van der Waals surface area contributed by atoms with E-state index in [1.807, 2.05) is 32.0 Å². The van der Waals surface area contributed by atoms with Crippen molar-refractivity contribution < 1.29 is 9.59 Å². The van der Waals surface area contributed by atoms with Gasteiger partial charge in [0.2, 0.25) is 0 Å². The molecule has 2 rings (SSSR count). The molecule has 1 aromatic heterocycles. The Labute approximate surface area is 165 Å². The minimum atomic E-state index is -0.447. The van der Waals surface area contributed by atoms with Gasteiger partial charge in [0.1, 0.15) is 11.6 Å². The molecule has 0 bridgehead atoms. The average molecular weight is 378 g/mol. The van der Waals surface area contributed by atoms with Gasteiger partial charge in [-0.3, -0.25) is 9.59 Å². The van der Waals surface area contributed by atoms with Crippen LogP contribution < -0.4 is 10.6 Å². The second-order valence-corrected chi connectivity index (χ2v) is 6.53. The van der Waals surface area contributed by atoms with Crippen LogP contribution in [0.5, 0.6) is 0 Å². The van der Waals surface area contributed by atoms with Crippen LogP contribution >= 0.6 is 0 Å². The molecule has 0 atom stereocenters. The third kappa shape index (κ3) is 5.34. The SMILES string of the molecule is CCCn1c(C)cc(/C=C(\C#N)C(=O)NCCNC(=O)c2ccccc2)c1C. The summed E-state index contributed by atoms with van der Waals surface area (Å²) in [5.41, 5.74) is 3.62. The first-order chi connectivity index (χ1) is 13.5. The highest BCUT2D eigenvalue weighted by atomic mass is 16.2. The number of hydrogen-bond donors (Lipinski definition) is 2. The maximum absolute atomic E-state index is 12.3. The number of hydrogen-bond acceptors (Lipinski definition) is 3. The number of nitrogens with zero attached hydrogens (tertiary/aromatic N) is 2. The number of carbonyl (C=O) groups is 2. The van der Waals surface area contributed by atoms with E-state index < -0.39 is 5.91 Å². The molecule has 0 spiro atoms. The Morgan fingerprint density at radius 3 is 2.46 bits per heavy atom. The molecule has 0 aliphatic rings. The molecule has 2 amide bonds. The van der Waals surface area contributed by atoms with Gasteiger partial charge in [-0.05, 0) is 50.1 Å². The lowest BCUT2D eigenvalue weighted by atomic mass is 10.1. The molecule has 2 N–H and O–H groups in total. The Kier molecular flexibility index (Phi) is 7.58. The fraction of sp³-hybridized carbons (Fsp3) is 0.318. The minimum Gasteiger partial charge on any atom is -0.350 e. The molecule has 6 nitrogen and oxygen atoms in total. The van der Waals surface area contributed by atoms with E-state index in [1.165, 1.54) is 0 Å². The van der Waals surface area contributed by atoms with Gasteiger partial charge in [0.15, 0.2) is 0 Å². The Balaban J connectivity index is 1.93. The first kappa shape index (κ1) is 21.0. The maximum Gasteiger partial charge on any atom is 0.262 e. The molecular weight excluding hydrogens is 352 g/mol. The average Bonchev–Trinajstić information content (AvgIpc) is 2.97. The van der Waals surface area contributed by atoms with Crippen molar-refractivity contribution in [3.8, 4) is 6.07 Å². The van der Waals surface area contributed by atoms with Crippen LogP contribution in [0, 0.1) is 25.2 Å². The van der Waals surface area contributed by atoms with Crippen molar-refractivity contribution in [2.45, 2.75) is 33.7 Å². The first-order valence-electron chi connectivity index (χ1n) is 9.37. The minimum absolute atomic E-state index is 0.0473. The molecule has 0 aliphatic heterocycles. The van der Waals surface area contributed by atoms with E-state index in [4.69, 9.17) is 0 Å². The number of amides is 2. The number of carbonyl (C=O) groups excluding carboxylic acids is 2. The second kappa shape index (κ2) is 10.1.